The molecule has 3 aromatic heterocycles. The van der Waals surface area contributed by atoms with Crippen LogP contribution >= 0.6 is 0 Å². The normalized spacial score (nSPS) is 18.5. The second-order valence-electron chi connectivity index (χ2n) is 10.9. The number of aromatic amines is 1. The Balaban J connectivity index is 1.16. The van der Waals surface area contributed by atoms with Gasteiger partial charge in [-0.2, -0.15) is 5.10 Å². The minimum Gasteiger partial charge on any atom is -0.444 e. The van der Waals surface area contributed by atoms with E-state index in [9.17, 15) is 9.59 Å². The number of hydrogen-bond acceptors (Lipinski definition) is 9. The molecule has 3 aromatic rings. The predicted molar refractivity (Wildman–Crippen MR) is 151 cm³/mol. The van der Waals surface area contributed by atoms with Crippen molar-refractivity contribution in [2.75, 3.05) is 52.1 Å². The first-order valence-corrected chi connectivity index (χ1v) is 13.8. The van der Waals surface area contributed by atoms with E-state index in [-0.39, 0.29) is 30.2 Å². The first-order chi connectivity index (χ1) is 19.3. The van der Waals surface area contributed by atoms with Crippen molar-refractivity contribution < 1.29 is 14.3 Å². The monoisotopic (exact) mass is 550 g/mol. The molecule has 2 aliphatic heterocycles. The number of carbonyl (C=O) groups excluding carboxylic acids is 2. The lowest BCUT2D eigenvalue weighted by Crippen LogP contribution is -2.44. The van der Waals surface area contributed by atoms with Crippen molar-refractivity contribution in [3.05, 3.63) is 30.9 Å². The highest BCUT2D eigenvalue weighted by molar-refractivity contribution is 5.88. The van der Waals surface area contributed by atoms with E-state index < -0.39 is 0 Å². The Labute approximate surface area is 233 Å². The zero-order chi connectivity index (χ0) is 28.2. The zero-order valence-corrected chi connectivity index (χ0v) is 23.6. The number of piperidine rings is 1. The summed E-state index contributed by atoms with van der Waals surface area (Å²) >= 11 is 0. The van der Waals surface area contributed by atoms with Gasteiger partial charge in [-0.15, -0.1) is 0 Å². The summed E-state index contributed by atoms with van der Waals surface area (Å²) in [5.74, 6) is 1.21. The van der Waals surface area contributed by atoms with Crippen LogP contribution in [0.3, 0.4) is 0 Å². The van der Waals surface area contributed by atoms with Gasteiger partial charge >= 0.3 is 6.09 Å². The van der Waals surface area contributed by atoms with E-state index in [1.54, 1.807) is 34.6 Å². The van der Waals surface area contributed by atoms with Crippen molar-refractivity contribution in [2.45, 2.75) is 51.3 Å². The lowest BCUT2D eigenvalue weighted by atomic mass is 10.1. The number of likely N-dealkylation sites (N-methyl/N-ethyl adjacent to an activating group) is 1. The fourth-order valence-electron chi connectivity index (χ4n) is 5.01. The topological polar surface area (TPSA) is 137 Å². The van der Waals surface area contributed by atoms with Crippen molar-refractivity contribution >= 4 is 29.0 Å². The average Bonchev–Trinajstić information content (AvgIpc) is 3.69. The van der Waals surface area contributed by atoms with E-state index >= 15 is 0 Å². The van der Waals surface area contributed by atoms with Gasteiger partial charge in [-0.1, -0.05) is 6.08 Å². The summed E-state index contributed by atoms with van der Waals surface area (Å²) in [6.07, 6.45) is 10.3. The quantitative estimate of drug-likeness (QED) is 0.405. The van der Waals surface area contributed by atoms with Crippen molar-refractivity contribution in [3.63, 3.8) is 0 Å². The molecule has 2 N–H and O–H groups in total. The van der Waals surface area contributed by atoms with Gasteiger partial charge in [0.05, 0.1) is 24.6 Å². The van der Waals surface area contributed by atoms with Crippen molar-refractivity contribution in [2.24, 2.45) is 0 Å². The smallest absolute Gasteiger partial charge is 0.410 e. The van der Waals surface area contributed by atoms with Crippen LogP contribution in [0.15, 0.2) is 30.9 Å². The van der Waals surface area contributed by atoms with Gasteiger partial charge in [-0.25, -0.2) is 19.7 Å². The number of hydrogen-bond donors (Lipinski definition) is 2. The number of nitrogens with one attached hydrogen (secondary N) is 2. The molecule has 0 spiro atoms. The molecule has 0 bridgehead atoms. The molecular formula is C27H38N10O3. The number of likely N-dealkylation sites (tertiary alicyclic amines) is 2. The lowest BCUT2D eigenvalue weighted by molar-refractivity contribution is -0.125. The highest BCUT2D eigenvalue weighted by atomic mass is 16.6. The van der Waals surface area contributed by atoms with Gasteiger partial charge in [0.1, 0.15) is 11.6 Å². The third-order valence-electron chi connectivity index (χ3n) is 7.28. The van der Waals surface area contributed by atoms with Crippen LogP contribution in [0.2, 0.25) is 0 Å². The fourth-order valence-corrected chi connectivity index (χ4v) is 5.01. The molecule has 214 valence electrons. The van der Waals surface area contributed by atoms with Crippen LogP contribution < -0.4 is 5.32 Å². The van der Waals surface area contributed by atoms with E-state index in [0.717, 1.165) is 29.6 Å². The van der Waals surface area contributed by atoms with Crippen LogP contribution in [-0.4, -0.2) is 115 Å². The molecule has 0 aliphatic carbocycles. The Morgan fingerprint density at radius 3 is 2.65 bits per heavy atom. The molecule has 2 fully saturated rings. The van der Waals surface area contributed by atoms with Crippen LogP contribution in [0.5, 0.6) is 0 Å². The molecular weight excluding hydrogens is 512 g/mol. The summed E-state index contributed by atoms with van der Waals surface area (Å²) in [5.41, 5.74) is 2.29. The van der Waals surface area contributed by atoms with Gasteiger partial charge in [-0.05, 0) is 40.8 Å². The molecule has 40 heavy (non-hydrogen) atoms. The van der Waals surface area contributed by atoms with E-state index in [1.807, 2.05) is 29.6 Å². The van der Waals surface area contributed by atoms with E-state index in [1.165, 1.54) is 0 Å². The van der Waals surface area contributed by atoms with Gasteiger partial charge in [-0.3, -0.25) is 9.89 Å². The summed E-state index contributed by atoms with van der Waals surface area (Å²) in [5, 5.41) is 10.4. The highest BCUT2D eigenvalue weighted by Gasteiger charge is 2.31. The third kappa shape index (κ3) is 6.24. The maximum atomic E-state index is 12.9. The molecule has 0 saturated carbocycles. The number of nitrogens with zero attached hydrogens (tertiary/aromatic N) is 8. The predicted octanol–water partition coefficient (Wildman–Crippen LogP) is 2.53. The molecule has 0 unspecified atom stereocenters. The standard InChI is InChI=1S/C27H38N10O3/c1-18(2)37-17-28-23-25(32-24(33-26(23)37)19-14-29-30-15-19)31-20-7-11-35(12-8-20)27(39)40-21-9-13-36(16-21)22(38)6-5-10-34(3)4/h5-6,14-15,17-18,20-21H,7-13,16H2,1-4H3,(H,29,30)(H,31,32,33)/b6-5+/t21-/m0/s1. The fraction of sp³-hybridized carbons (Fsp3) is 0.556. The molecule has 13 nitrogen and oxygen atoms in total. The Morgan fingerprint density at radius 2 is 1.95 bits per heavy atom. The number of anilines is 1. The van der Waals surface area contributed by atoms with Gasteiger partial charge in [0, 0.05) is 57.0 Å². The molecule has 1 atom stereocenters. The molecule has 0 radical (unpaired) electrons. The molecule has 5 rings (SSSR count). The number of H-pyrrole nitrogens is 1. The minimum absolute atomic E-state index is 0.0414. The average molecular weight is 551 g/mol. The van der Waals surface area contributed by atoms with Gasteiger partial charge in [0.2, 0.25) is 5.91 Å². The Kier molecular flexibility index (Phi) is 8.29. The number of amides is 2. The van der Waals surface area contributed by atoms with E-state index in [0.29, 0.717) is 50.8 Å². The van der Waals surface area contributed by atoms with E-state index in [4.69, 9.17) is 14.7 Å². The molecule has 2 amide bonds. The first-order valence-electron chi connectivity index (χ1n) is 13.8. The summed E-state index contributed by atoms with van der Waals surface area (Å²) in [7, 11) is 3.91. The number of rotatable bonds is 8. The summed E-state index contributed by atoms with van der Waals surface area (Å²) in [6.45, 7) is 7.05. The Bertz CT molecular complexity index is 1340. The highest BCUT2D eigenvalue weighted by Crippen LogP contribution is 2.27. The third-order valence-corrected chi connectivity index (χ3v) is 7.28. The second-order valence-corrected chi connectivity index (χ2v) is 10.9. The van der Waals surface area contributed by atoms with Crippen LogP contribution in [0, 0.1) is 0 Å². The maximum absolute atomic E-state index is 12.9. The van der Waals surface area contributed by atoms with E-state index in [2.05, 4.69) is 34.3 Å². The zero-order valence-electron chi connectivity index (χ0n) is 23.6. The van der Waals surface area contributed by atoms with Crippen LogP contribution in [0.4, 0.5) is 10.6 Å². The van der Waals surface area contributed by atoms with Crippen molar-refractivity contribution in [1.82, 2.24) is 44.4 Å². The number of carbonyl (C=O) groups is 2. The number of ether oxygens (including phenoxy) is 1. The molecule has 2 aliphatic rings. The van der Waals surface area contributed by atoms with Crippen LogP contribution in [-0.2, 0) is 9.53 Å². The minimum atomic E-state index is -0.316. The molecule has 13 heteroatoms. The lowest BCUT2D eigenvalue weighted by Gasteiger charge is -2.32. The SMILES string of the molecule is CC(C)n1cnc2c(NC3CCN(C(=O)O[C@H]4CCN(C(=O)/C=C/CN(C)C)C4)CC3)nc(-c3cn[nH]c3)nc21. The molecule has 5 heterocycles. The number of fused-ring (bicyclic) bond motifs is 1. The van der Waals surface area contributed by atoms with Gasteiger partial charge in [0.15, 0.2) is 17.3 Å². The Hall–Kier alpha value is -4.00. The molecule has 2 saturated heterocycles. The second kappa shape index (κ2) is 12.0. The number of aromatic nitrogens is 6. The van der Waals surface area contributed by atoms with Crippen LogP contribution in [0.1, 0.15) is 39.2 Å². The van der Waals surface area contributed by atoms with Gasteiger partial charge < -0.3 is 29.3 Å². The van der Waals surface area contributed by atoms with Crippen LogP contribution in [0.25, 0.3) is 22.6 Å². The summed E-state index contributed by atoms with van der Waals surface area (Å²) in [4.78, 5) is 44.9. The van der Waals surface area contributed by atoms with Crippen molar-refractivity contribution in [1.29, 1.82) is 0 Å². The maximum Gasteiger partial charge on any atom is 0.410 e. The molecule has 0 aromatic carbocycles. The van der Waals surface area contributed by atoms with Crippen molar-refractivity contribution in [3.8, 4) is 11.4 Å². The van der Waals surface area contributed by atoms with Gasteiger partial charge in [0.25, 0.3) is 0 Å². The first kappa shape index (κ1) is 27.6. The number of imidazole rings is 1. The largest absolute Gasteiger partial charge is 0.444 e. The summed E-state index contributed by atoms with van der Waals surface area (Å²) in [6, 6.07) is 0.320. The summed E-state index contributed by atoms with van der Waals surface area (Å²) < 4.78 is 7.80. The Morgan fingerprint density at radius 1 is 1.18 bits per heavy atom.